The topological polar surface area (TPSA) is 126 Å². The van der Waals surface area contributed by atoms with Crippen molar-refractivity contribution in [1.82, 2.24) is 21.1 Å². The molecule has 3 rings (SSSR count). The van der Waals surface area contributed by atoms with E-state index in [1.807, 2.05) is 13.8 Å². The van der Waals surface area contributed by atoms with Crippen LogP contribution in [0.3, 0.4) is 0 Å². The van der Waals surface area contributed by atoms with Gasteiger partial charge in [0.25, 0.3) is 11.6 Å². The Labute approximate surface area is 168 Å². The zero-order valence-electron chi connectivity index (χ0n) is 17.0. The van der Waals surface area contributed by atoms with Crippen LogP contribution in [0.25, 0.3) is 0 Å². The predicted molar refractivity (Wildman–Crippen MR) is 105 cm³/mol. The minimum atomic E-state index is -0.657. The van der Waals surface area contributed by atoms with Crippen LogP contribution in [-0.4, -0.2) is 45.7 Å². The molecule has 2 amide bonds. The lowest BCUT2D eigenvalue weighted by atomic mass is 10.0. The highest BCUT2D eigenvalue weighted by Crippen LogP contribution is 2.36. The van der Waals surface area contributed by atoms with Crippen LogP contribution in [0.4, 0.5) is 10.5 Å². The molecule has 0 aromatic heterocycles. The summed E-state index contributed by atoms with van der Waals surface area (Å²) < 4.78 is 5.50. The molecule has 1 aromatic rings. The number of benzene rings is 1. The number of nitrogens with zero attached hydrogens (tertiary/aromatic N) is 2. The van der Waals surface area contributed by atoms with Crippen molar-refractivity contribution >= 4 is 17.7 Å². The van der Waals surface area contributed by atoms with Crippen molar-refractivity contribution in [3.8, 4) is 0 Å². The molecule has 156 valence electrons. The number of nitrogens with one attached hydrogen (secondary N) is 3. The molecule has 0 fully saturated rings. The van der Waals surface area contributed by atoms with Crippen molar-refractivity contribution < 1.29 is 19.2 Å². The Morgan fingerprint density at radius 1 is 1.34 bits per heavy atom. The molecule has 1 unspecified atom stereocenters. The highest BCUT2D eigenvalue weighted by atomic mass is 16.6. The van der Waals surface area contributed by atoms with E-state index in [1.54, 1.807) is 25.7 Å². The molecule has 10 heteroatoms. The van der Waals surface area contributed by atoms with Gasteiger partial charge in [-0.05, 0) is 40.7 Å². The maximum atomic E-state index is 12.6. The molecule has 3 N–H and O–H groups in total. The first kappa shape index (κ1) is 20.6. The van der Waals surface area contributed by atoms with Gasteiger partial charge in [-0.2, -0.15) is 0 Å². The Morgan fingerprint density at radius 3 is 2.66 bits per heavy atom. The third-order valence-electron chi connectivity index (χ3n) is 4.83. The van der Waals surface area contributed by atoms with E-state index in [2.05, 4.69) is 16.2 Å². The molecule has 29 heavy (non-hydrogen) atoms. The largest absolute Gasteiger partial charge is 0.444 e. The number of carbonyl (C=O) groups excluding carboxylic acids is 2. The molecular weight excluding hydrogens is 378 g/mol. The van der Waals surface area contributed by atoms with E-state index in [-0.39, 0.29) is 17.8 Å². The first-order valence-corrected chi connectivity index (χ1v) is 9.21. The van der Waals surface area contributed by atoms with Gasteiger partial charge in [0.05, 0.1) is 22.7 Å². The lowest BCUT2D eigenvalue weighted by Gasteiger charge is -2.36. The average molecular weight is 403 g/mol. The minimum Gasteiger partial charge on any atom is -0.444 e. The Morgan fingerprint density at radius 2 is 2.03 bits per heavy atom. The maximum Gasteiger partial charge on any atom is 0.411 e. The van der Waals surface area contributed by atoms with Gasteiger partial charge in [0.2, 0.25) is 0 Å². The van der Waals surface area contributed by atoms with Gasteiger partial charge in [-0.1, -0.05) is 6.07 Å². The number of hydrogen-bond donors (Lipinski definition) is 3. The number of rotatable bonds is 3. The summed E-state index contributed by atoms with van der Waals surface area (Å²) in [6, 6.07) is 5.51. The van der Waals surface area contributed by atoms with Crippen LogP contribution in [-0.2, 0) is 4.74 Å². The van der Waals surface area contributed by atoms with Gasteiger partial charge in [-0.25, -0.2) is 10.2 Å². The number of non-ortho nitro benzene ring substituents is 1. The summed E-state index contributed by atoms with van der Waals surface area (Å²) in [6.07, 6.45) is -1.01. The van der Waals surface area contributed by atoms with Gasteiger partial charge in [-0.3, -0.25) is 19.8 Å². The summed E-state index contributed by atoms with van der Waals surface area (Å²) in [5, 5.41) is 13.7. The standard InChI is InChI=1S/C19H25N5O5/c1-18(2,3)29-17(26)23-10-13-14(19(23,4)5)21-22-15(13)20-16(25)11-7-6-8-12(9-11)24(27)28/h6-9,15,21-22H,10H2,1-5H3,(H,20,25). The molecule has 0 aliphatic carbocycles. The minimum absolute atomic E-state index is 0.159. The SMILES string of the molecule is CC(C)(C)OC(=O)N1CC2=C(NNC2NC(=O)c2cccc([N+](=O)[O-])c2)C1(C)C. The van der Waals surface area contributed by atoms with Gasteiger partial charge in [-0.15, -0.1) is 0 Å². The van der Waals surface area contributed by atoms with Crippen molar-refractivity contribution in [3.63, 3.8) is 0 Å². The van der Waals surface area contributed by atoms with E-state index in [0.29, 0.717) is 0 Å². The number of nitro benzene ring substituents is 1. The first-order chi connectivity index (χ1) is 13.4. The van der Waals surface area contributed by atoms with Crippen LogP contribution in [0.2, 0.25) is 0 Å². The zero-order valence-corrected chi connectivity index (χ0v) is 17.0. The Balaban J connectivity index is 1.75. The van der Waals surface area contributed by atoms with E-state index < -0.39 is 34.2 Å². The second kappa shape index (κ2) is 7.03. The number of hydrogen-bond acceptors (Lipinski definition) is 7. The Kier molecular flexibility index (Phi) is 4.99. The second-order valence-electron chi connectivity index (χ2n) is 8.51. The van der Waals surface area contributed by atoms with Crippen LogP contribution >= 0.6 is 0 Å². The Hall–Kier alpha value is -3.14. The number of carbonyl (C=O) groups is 2. The molecule has 2 heterocycles. The van der Waals surface area contributed by atoms with Gasteiger partial charge in [0, 0.05) is 23.3 Å². The van der Waals surface area contributed by atoms with Crippen LogP contribution < -0.4 is 16.2 Å². The van der Waals surface area contributed by atoms with E-state index >= 15 is 0 Å². The molecule has 0 bridgehead atoms. The quantitative estimate of drug-likeness (QED) is 0.521. The van der Waals surface area contributed by atoms with E-state index in [4.69, 9.17) is 4.74 Å². The molecule has 1 atom stereocenters. The highest BCUT2D eigenvalue weighted by Gasteiger charge is 2.48. The number of hydrazine groups is 1. The fourth-order valence-electron chi connectivity index (χ4n) is 3.38. The van der Waals surface area contributed by atoms with Crippen molar-refractivity contribution in [1.29, 1.82) is 0 Å². The first-order valence-electron chi connectivity index (χ1n) is 9.21. The van der Waals surface area contributed by atoms with Gasteiger partial charge < -0.3 is 15.5 Å². The number of nitro groups is 1. The Bertz CT molecular complexity index is 902. The van der Waals surface area contributed by atoms with E-state index in [0.717, 1.165) is 11.3 Å². The molecule has 0 saturated heterocycles. The fraction of sp³-hybridized carbons (Fsp3) is 0.474. The van der Waals surface area contributed by atoms with Crippen molar-refractivity contribution in [3.05, 3.63) is 51.2 Å². The molecule has 10 nitrogen and oxygen atoms in total. The maximum absolute atomic E-state index is 12.6. The van der Waals surface area contributed by atoms with Crippen LogP contribution in [0, 0.1) is 10.1 Å². The molecule has 1 aromatic carbocycles. The number of ether oxygens (including phenoxy) is 1. The fourth-order valence-corrected chi connectivity index (χ4v) is 3.38. The summed E-state index contributed by atoms with van der Waals surface area (Å²) in [7, 11) is 0. The summed E-state index contributed by atoms with van der Waals surface area (Å²) in [5.41, 5.74) is 6.37. The van der Waals surface area contributed by atoms with Crippen molar-refractivity contribution in [2.24, 2.45) is 0 Å². The molecule has 0 saturated carbocycles. The monoisotopic (exact) mass is 403 g/mol. The lowest BCUT2D eigenvalue weighted by Crippen LogP contribution is -2.54. The highest BCUT2D eigenvalue weighted by molar-refractivity contribution is 5.95. The molecule has 0 radical (unpaired) electrons. The molecule has 2 aliphatic rings. The summed E-state index contributed by atoms with van der Waals surface area (Å²) in [4.78, 5) is 37.2. The van der Waals surface area contributed by atoms with Crippen molar-refractivity contribution in [2.45, 2.75) is 51.9 Å². The van der Waals surface area contributed by atoms with E-state index in [1.165, 1.54) is 24.3 Å². The lowest BCUT2D eigenvalue weighted by molar-refractivity contribution is -0.384. The third kappa shape index (κ3) is 4.02. The molecule has 2 aliphatic heterocycles. The second-order valence-corrected chi connectivity index (χ2v) is 8.51. The van der Waals surface area contributed by atoms with Crippen LogP contribution in [0.15, 0.2) is 35.5 Å². The van der Waals surface area contributed by atoms with Crippen LogP contribution in [0.1, 0.15) is 45.0 Å². The van der Waals surface area contributed by atoms with Crippen molar-refractivity contribution in [2.75, 3.05) is 6.54 Å². The third-order valence-corrected chi connectivity index (χ3v) is 4.83. The molecular formula is C19H25N5O5. The predicted octanol–water partition coefficient (Wildman–Crippen LogP) is 2.04. The average Bonchev–Trinajstić information content (AvgIpc) is 3.12. The van der Waals surface area contributed by atoms with Crippen LogP contribution in [0.5, 0.6) is 0 Å². The van der Waals surface area contributed by atoms with Gasteiger partial charge in [0.1, 0.15) is 11.8 Å². The van der Waals surface area contributed by atoms with Gasteiger partial charge in [0.15, 0.2) is 0 Å². The normalized spacial score (nSPS) is 20.2. The zero-order chi connectivity index (χ0) is 21.6. The summed E-state index contributed by atoms with van der Waals surface area (Å²) in [6.45, 7) is 9.46. The summed E-state index contributed by atoms with van der Waals surface area (Å²) in [5.74, 6) is -0.463. The molecule has 0 spiro atoms. The number of amides is 2. The van der Waals surface area contributed by atoms with Gasteiger partial charge >= 0.3 is 6.09 Å². The smallest absolute Gasteiger partial charge is 0.411 e. The summed E-state index contributed by atoms with van der Waals surface area (Å²) >= 11 is 0. The van der Waals surface area contributed by atoms with E-state index in [9.17, 15) is 19.7 Å².